The van der Waals surface area contributed by atoms with Crippen LogP contribution in [-0.2, 0) is 4.79 Å². The van der Waals surface area contributed by atoms with Crippen LogP contribution >= 0.6 is 11.8 Å². The predicted octanol–water partition coefficient (Wildman–Crippen LogP) is 6.03. The summed E-state index contributed by atoms with van der Waals surface area (Å²) >= 11 is 1.55. The average molecular weight is 522 g/mol. The van der Waals surface area contributed by atoms with Crippen molar-refractivity contribution in [1.29, 1.82) is 0 Å². The van der Waals surface area contributed by atoms with Gasteiger partial charge in [0, 0.05) is 18.2 Å². The topological polar surface area (TPSA) is 81.8 Å². The SMILES string of the molecule is Cc1ccc(-n2ncc3c(=O)n4c(nc32)SCC4CC(=O)NC2CCCCCCCCCCC2)cc1C. The summed E-state index contributed by atoms with van der Waals surface area (Å²) < 4.78 is 3.47. The smallest absolute Gasteiger partial charge is 0.265 e. The highest BCUT2D eigenvalue weighted by molar-refractivity contribution is 7.99. The number of aryl methyl sites for hydroxylation is 2. The number of hydrogen-bond donors (Lipinski definition) is 1. The Kier molecular flexibility index (Phi) is 8.33. The van der Waals surface area contributed by atoms with E-state index in [-0.39, 0.29) is 23.6 Å². The van der Waals surface area contributed by atoms with E-state index in [1.54, 1.807) is 27.2 Å². The van der Waals surface area contributed by atoms with Crippen LogP contribution in [0.25, 0.3) is 16.7 Å². The first kappa shape index (κ1) is 26.0. The summed E-state index contributed by atoms with van der Waals surface area (Å²) in [5.41, 5.74) is 3.74. The molecule has 3 aromatic rings. The van der Waals surface area contributed by atoms with Gasteiger partial charge in [-0.15, -0.1) is 0 Å². The molecule has 0 saturated heterocycles. The second kappa shape index (κ2) is 11.8. The molecule has 8 heteroatoms. The van der Waals surface area contributed by atoms with Crippen LogP contribution in [0.15, 0.2) is 34.3 Å². The van der Waals surface area contributed by atoms with Gasteiger partial charge in [-0.3, -0.25) is 14.2 Å². The van der Waals surface area contributed by atoms with Crippen molar-refractivity contribution in [1.82, 2.24) is 24.6 Å². The molecule has 3 heterocycles. The van der Waals surface area contributed by atoms with E-state index < -0.39 is 0 Å². The maximum Gasteiger partial charge on any atom is 0.265 e. The fraction of sp³-hybridized carbons (Fsp3) is 0.586. The van der Waals surface area contributed by atoms with Crippen LogP contribution in [0, 0.1) is 13.8 Å². The molecule has 0 spiro atoms. The van der Waals surface area contributed by atoms with E-state index in [1.807, 2.05) is 6.07 Å². The van der Waals surface area contributed by atoms with Crippen LogP contribution in [-0.4, -0.2) is 37.0 Å². The second-order valence-corrected chi connectivity index (χ2v) is 11.8. The molecule has 1 aromatic carbocycles. The van der Waals surface area contributed by atoms with Crippen molar-refractivity contribution in [3.05, 3.63) is 45.9 Å². The van der Waals surface area contributed by atoms with Gasteiger partial charge in [0.15, 0.2) is 10.8 Å². The van der Waals surface area contributed by atoms with Crippen molar-refractivity contribution in [2.75, 3.05) is 5.75 Å². The Bertz CT molecular complexity index is 1300. The summed E-state index contributed by atoms with van der Waals surface area (Å²) in [6.45, 7) is 4.14. The molecular weight excluding hydrogens is 482 g/mol. The van der Waals surface area contributed by atoms with Crippen molar-refractivity contribution in [2.45, 2.75) is 108 Å². The molecule has 2 aromatic heterocycles. The van der Waals surface area contributed by atoms with Gasteiger partial charge in [-0.2, -0.15) is 5.10 Å². The van der Waals surface area contributed by atoms with Gasteiger partial charge < -0.3 is 5.32 Å². The lowest BCUT2D eigenvalue weighted by Crippen LogP contribution is -2.37. The molecular formula is C29H39N5O2S. The number of rotatable bonds is 4. The van der Waals surface area contributed by atoms with Gasteiger partial charge in [0.2, 0.25) is 5.91 Å². The molecule has 5 rings (SSSR count). The van der Waals surface area contributed by atoms with Gasteiger partial charge >= 0.3 is 0 Å². The van der Waals surface area contributed by atoms with Crippen LogP contribution in [0.1, 0.15) is 94.2 Å². The van der Waals surface area contributed by atoms with E-state index >= 15 is 0 Å². The fourth-order valence-electron chi connectivity index (χ4n) is 5.64. The number of benzene rings is 1. The highest BCUT2D eigenvalue weighted by atomic mass is 32.2. The first-order valence-corrected chi connectivity index (χ1v) is 15.0. The molecule has 1 aliphatic carbocycles. The molecule has 7 nitrogen and oxygen atoms in total. The third-order valence-corrected chi connectivity index (χ3v) is 9.09. The number of amides is 1. The largest absolute Gasteiger partial charge is 0.353 e. The Hall–Kier alpha value is -2.61. The standard InChI is InChI=1S/C29H39N5O2S/c1-20-14-15-23(16-21(20)2)34-27-25(18-30-34)28(36)33-24(19-37-29(33)32-27)17-26(35)31-22-12-10-8-6-4-3-5-7-9-11-13-22/h14-16,18,22,24H,3-13,17,19H2,1-2H3,(H,31,35). The van der Waals surface area contributed by atoms with Crippen molar-refractivity contribution in [3.63, 3.8) is 0 Å². The maximum atomic E-state index is 13.5. The molecule has 37 heavy (non-hydrogen) atoms. The predicted molar refractivity (Wildman–Crippen MR) is 150 cm³/mol. The van der Waals surface area contributed by atoms with Gasteiger partial charge in [-0.25, -0.2) is 9.67 Å². The summed E-state index contributed by atoms with van der Waals surface area (Å²) in [4.78, 5) is 31.4. The lowest BCUT2D eigenvalue weighted by atomic mass is 9.97. The highest BCUT2D eigenvalue weighted by Crippen LogP contribution is 2.33. The number of fused-ring (bicyclic) bond motifs is 2. The summed E-state index contributed by atoms with van der Waals surface area (Å²) in [7, 11) is 0. The Balaban J connectivity index is 1.30. The zero-order chi connectivity index (χ0) is 25.8. The van der Waals surface area contributed by atoms with Crippen molar-refractivity contribution in [3.8, 4) is 5.69 Å². The minimum Gasteiger partial charge on any atom is -0.353 e. The van der Waals surface area contributed by atoms with E-state index in [0.717, 1.165) is 18.5 Å². The lowest BCUT2D eigenvalue weighted by Gasteiger charge is -2.21. The third-order valence-electron chi connectivity index (χ3n) is 8.00. The number of carbonyl (C=O) groups excluding carboxylic acids is 1. The molecule has 0 radical (unpaired) electrons. The second-order valence-electron chi connectivity index (χ2n) is 10.8. The van der Waals surface area contributed by atoms with E-state index in [0.29, 0.717) is 28.4 Å². The van der Waals surface area contributed by atoms with Crippen LogP contribution in [0.2, 0.25) is 0 Å². The summed E-state index contributed by atoms with van der Waals surface area (Å²) in [6.07, 6.45) is 15.6. The van der Waals surface area contributed by atoms with E-state index in [9.17, 15) is 9.59 Å². The van der Waals surface area contributed by atoms with E-state index in [4.69, 9.17) is 4.98 Å². The zero-order valence-electron chi connectivity index (χ0n) is 22.2. The summed E-state index contributed by atoms with van der Waals surface area (Å²) in [6, 6.07) is 6.19. The molecule has 2 aliphatic rings. The van der Waals surface area contributed by atoms with Gasteiger partial charge in [0.05, 0.1) is 17.9 Å². The normalized spacial score (nSPS) is 19.8. The molecule has 1 fully saturated rings. The number of nitrogens with zero attached hydrogens (tertiary/aromatic N) is 4. The molecule has 1 amide bonds. The molecule has 1 unspecified atom stereocenters. The molecule has 1 N–H and O–H groups in total. The fourth-order valence-corrected chi connectivity index (χ4v) is 6.77. The van der Waals surface area contributed by atoms with Crippen LogP contribution in [0.3, 0.4) is 0 Å². The third kappa shape index (κ3) is 5.95. The van der Waals surface area contributed by atoms with Gasteiger partial charge in [0.1, 0.15) is 5.39 Å². The number of nitrogens with one attached hydrogen (secondary N) is 1. The monoisotopic (exact) mass is 521 g/mol. The number of carbonyl (C=O) groups is 1. The Labute approximate surface area is 223 Å². The minimum atomic E-state index is -0.180. The van der Waals surface area contributed by atoms with Crippen molar-refractivity contribution >= 4 is 28.7 Å². The average Bonchev–Trinajstić information content (AvgIpc) is 3.47. The lowest BCUT2D eigenvalue weighted by molar-refractivity contribution is -0.122. The zero-order valence-corrected chi connectivity index (χ0v) is 23.0. The Morgan fingerprint density at radius 1 is 1.00 bits per heavy atom. The Morgan fingerprint density at radius 2 is 1.68 bits per heavy atom. The number of thioether (sulfide) groups is 1. The number of hydrogen-bond acceptors (Lipinski definition) is 5. The maximum absolute atomic E-state index is 13.5. The van der Waals surface area contributed by atoms with Gasteiger partial charge in [0.25, 0.3) is 5.56 Å². The Morgan fingerprint density at radius 3 is 2.35 bits per heavy atom. The van der Waals surface area contributed by atoms with Crippen LogP contribution in [0.4, 0.5) is 0 Å². The van der Waals surface area contributed by atoms with Crippen LogP contribution in [0.5, 0.6) is 0 Å². The summed E-state index contributed by atoms with van der Waals surface area (Å²) in [5.74, 6) is 0.734. The molecule has 1 saturated carbocycles. The first-order chi connectivity index (χ1) is 18.0. The van der Waals surface area contributed by atoms with E-state index in [2.05, 4.69) is 36.4 Å². The minimum absolute atomic E-state index is 0.0494. The molecule has 0 bridgehead atoms. The molecule has 198 valence electrons. The molecule has 1 aliphatic heterocycles. The van der Waals surface area contributed by atoms with Crippen molar-refractivity contribution < 1.29 is 4.79 Å². The first-order valence-electron chi connectivity index (χ1n) is 14.0. The summed E-state index contributed by atoms with van der Waals surface area (Å²) in [5, 5.41) is 8.98. The quantitative estimate of drug-likeness (QED) is 0.424. The van der Waals surface area contributed by atoms with Gasteiger partial charge in [-0.05, 0) is 49.9 Å². The van der Waals surface area contributed by atoms with Crippen LogP contribution < -0.4 is 10.9 Å². The van der Waals surface area contributed by atoms with Crippen molar-refractivity contribution in [2.24, 2.45) is 0 Å². The molecule has 1 atom stereocenters. The number of aromatic nitrogens is 4. The van der Waals surface area contributed by atoms with Gasteiger partial charge in [-0.1, -0.05) is 75.6 Å². The highest BCUT2D eigenvalue weighted by Gasteiger charge is 2.30. The van der Waals surface area contributed by atoms with E-state index in [1.165, 1.54) is 68.9 Å².